The first-order chi connectivity index (χ1) is 8.00. The summed E-state index contributed by atoms with van der Waals surface area (Å²) in [5, 5.41) is 9.16. The van der Waals surface area contributed by atoms with Crippen LogP contribution in [0.5, 0.6) is 0 Å². The van der Waals surface area contributed by atoms with Crippen LogP contribution >= 0.6 is 11.8 Å². The molecule has 3 N–H and O–H groups in total. The molecule has 0 spiro atoms. The third-order valence-corrected chi connectivity index (χ3v) is 2.88. The van der Waals surface area contributed by atoms with Gasteiger partial charge in [-0.05, 0) is 6.92 Å². The highest BCUT2D eigenvalue weighted by Gasteiger charge is 2.09. The van der Waals surface area contributed by atoms with E-state index in [-0.39, 0.29) is 12.4 Å². The molecule has 7 nitrogen and oxygen atoms in total. The highest BCUT2D eigenvalue weighted by Crippen LogP contribution is 2.17. The van der Waals surface area contributed by atoms with Gasteiger partial charge < -0.3 is 20.1 Å². The molecule has 0 atom stereocenters. The molecule has 0 aromatic carbocycles. The van der Waals surface area contributed by atoms with E-state index in [9.17, 15) is 9.59 Å². The number of nitrogens with zero attached hydrogens (tertiary/aromatic N) is 2. The van der Waals surface area contributed by atoms with E-state index in [1.54, 1.807) is 10.8 Å². The van der Waals surface area contributed by atoms with Crippen molar-refractivity contribution in [1.29, 1.82) is 0 Å². The van der Waals surface area contributed by atoms with E-state index in [0.717, 1.165) is 17.5 Å². The molecule has 17 heavy (non-hydrogen) atoms. The third kappa shape index (κ3) is 4.35. The predicted octanol–water partition coefficient (Wildman–Crippen LogP) is 0.464. The number of carbonyl (C=O) groups is 2. The van der Waals surface area contributed by atoms with Crippen LogP contribution in [0.1, 0.15) is 5.69 Å². The Labute approximate surface area is 102 Å². The number of rotatable bonds is 6. The minimum Gasteiger partial charge on any atom is -0.481 e. The first kappa shape index (κ1) is 13.4. The number of ether oxygens (including phenoxy) is 1. The van der Waals surface area contributed by atoms with Crippen molar-refractivity contribution in [2.45, 2.75) is 18.6 Å². The number of aryl methyl sites for hydroxylation is 1. The molecule has 1 aromatic rings. The summed E-state index contributed by atoms with van der Waals surface area (Å²) >= 11 is 1.12. The van der Waals surface area contributed by atoms with Crippen LogP contribution in [0, 0.1) is 6.92 Å². The van der Waals surface area contributed by atoms with Crippen LogP contribution in [0.2, 0.25) is 0 Å². The molecule has 0 saturated carbocycles. The monoisotopic (exact) mass is 259 g/mol. The Hall–Kier alpha value is -1.70. The first-order valence-electron chi connectivity index (χ1n) is 4.79. The minimum absolute atomic E-state index is 0.0624. The SMILES string of the molecule is Cc1cnc(SCC(=O)O)n1CCOC(N)=O. The lowest BCUT2D eigenvalue weighted by atomic mass is 10.5. The summed E-state index contributed by atoms with van der Waals surface area (Å²) < 4.78 is 6.39. The Bertz CT molecular complexity index is 418. The van der Waals surface area contributed by atoms with E-state index in [1.807, 2.05) is 6.92 Å². The van der Waals surface area contributed by atoms with Crippen molar-refractivity contribution >= 4 is 23.8 Å². The molecule has 1 heterocycles. The van der Waals surface area contributed by atoms with Crippen molar-refractivity contribution in [1.82, 2.24) is 9.55 Å². The summed E-state index contributed by atoms with van der Waals surface area (Å²) in [4.78, 5) is 24.9. The lowest BCUT2D eigenvalue weighted by molar-refractivity contribution is -0.133. The van der Waals surface area contributed by atoms with Gasteiger partial charge in [0.2, 0.25) is 0 Å². The molecule has 1 rings (SSSR count). The number of carboxylic acid groups (broad SMARTS) is 1. The molecule has 1 aromatic heterocycles. The lowest BCUT2D eigenvalue weighted by Crippen LogP contribution is -2.17. The number of hydrogen-bond donors (Lipinski definition) is 2. The van der Waals surface area contributed by atoms with E-state index in [4.69, 9.17) is 10.8 Å². The Morgan fingerprint density at radius 2 is 2.35 bits per heavy atom. The zero-order valence-corrected chi connectivity index (χ0v) is 10.1. The zero-order chi connectivity index (χ0) is 12.8. The van der Waals surface area contributed by atoms with Crippen LogP contribution in [-0.4, -0.2) is 39.1 Å². The van der Waals surface area contributed by atoms with Crippen LogP contribution in [0.15, 0.2) is 11.4 Å². The number of imidazole rings is 1. The minimum atomic E-state index is -0.907. The highest BCUT2D eigenvalue weighted by molar-refractivity contribution is 7.99. The number of carbonyl (C=O) groups excluding carboxylic acids is 1. The van der Waals surface area contributed by atoms with Gasteiger partial charge in [-0.15, -0.1) is 0 Å². The number of hydrogen-bond acceptors (Lipinski definition) is 5. The third-order valence-electron chi connectivity index (χ3n) is 1.90. The molecule has 0 bridgehead atoms. The second-order valence-corrected chi connectivity index (χ2v) is 4.13. The average Bonchev–Trinajstić information content (AvgIpc) is 2.57. The van der Waals surface area contributed by atoms with E-state index in [1.165, 1.54) is 0 Å². The predicted molar refractivity (Wildman–Crippen MR) is 60.9 cm³/mol. The maximum absolute atomic E-state index is 10.5. The Balaban J connectivity index is 2.59. The van der Waals surface area contributed by atoms with Gasteiger partial charge in [-0.2, -0.15) is 0 Å². The van der Waals surface area contributed by atoms with E-state index < -0.39 is 12.1 Å². The Morgan fingerprint density at radius 3 is 2.94 bits per heavy atom. The van der Waals surface area contributed by atoms with Gasteiger partial charge in [0.1, 0.15) is 6.61 Å². The number of aliphatic carboxylic acids is 1. The van der Waals surface area contributed by atoms with Gasteiger partial charge in [-0.25, -0.2) is 9.78 Å². The van der Waals surface area contributed by atoms with Crippen LogP contribution < -0.4 is 5.73 Å². The number of aromatic nitrogens is 2. The topological polar surface area (TPSA) is 107 Å². The quantitative estimate of drug-likeness (QED) is 0.719. The van der Waals surface area contributed by atoms with E-state index >= 15 is 0 Å². The second-order valence-electron chi connectivity index (χ2n) is 3.18. The van der Waals surface area contributed by atoms with Crippen LogP contribution in [0.3, 0.4) is 0 Å². The summed E-state index contributed by atoms with van der Waals surface area (Å²) in [5.41, 5.74) is 5.70. The Morgan fingerprint density at radius 1 is 1.65 bits per heavy atom. The summed E-state index contributed by atoms with van der Waals surface area (Å²) in [6, 6.07) is 0. The summed E-state index contributed by atoms with van der Waals surface area (Å²) in [5.74, 6) is -0.969. The van der Waals surface area contributed by atoms with Crippen LogP contribution in [0.25, 0.3) is 0 Å². The molecule has 0 saturated heterocycles. The van der Waals surface area contributed by atoms with Crippen molar-refractivity contribution in [3.8, 4) is 0 Å². The molecule has 1 amide bonds. The molecule has 0 fully saturated rings. The highest BCUT2D eigenvalue weighted by atomic mass is 32.2. The van der Waals surface area contributed by atoms with Gasteiger partial charge >= 0.3 is 12.1 Å². The van der Waals surface area contributed by atoms with Gasteiger partial charge in [0.05, 0.1) is 12.3 Å². The molecule has 8 heteroatoms. The van der Waals surface area contributed by atoms with Crippen molar-refractivity contribution in [2.75, 3.05) is 12.4 Å². The molecule has 0 unspecified atom stereocenters. The number of amides is 1. The van der Waals surface area contributed by atoms with Crippen molar-refractivity contribution in [3.63, 3.8) is 0 Å². The summed E-state index contributed by atoms with van der Waals surface area (Å²) in [6.45, 7) is 2.37. The fraction of sp³-hybridized carbons (Fsp3) is 0.444. The number of nitrogens with two attached hydrogens (primary N) is 1. The largest absolute Gasteiger partial charge is 0.481 e. The van der Waals surface area contributed by atoms with Gasteiger partial charge in [0.25, 0.3) is 0 Å². The number of carboxylic acids is 1. The summed E-state index contributed by atoms with van der Waals surface area (Å²) in [7, 11) is 0. The van der Waals surface area contributed by atoms with Crippen LogP contribution in [-0.2, 0) is 16.1 Å². The van der Waals surface area contributed by atoms with Gasteiger partial charge in [0.15, 0.2) is 5.16 Å². The first-order valence-corrected chi connectivity index (χ1v) is 5.78. The maximum atomic E-state index is 10.5. The maximum Gasteiger partial charge on any atom is 0.404 e. The average molecular weight is 259 g/mol. The van der Waals surface area contributed by atoms with Gasteiger partial charge in [0, 0.05) is 11.9 Å². The number of thioether (sulfide) groups is 1. The standard InChI is InChI=1S/C9H13N3O4S/c1-6-4-11-9(17-5-7(13)14)12(6)2-3-16-8(10)15/h4H,2-3,5H2,1H3,(H2,10,15)(H,13,14). The smallest absolute Gasteiger partial charge is 0.404 e. The normalized spacial score (nSPS) is 10.2. The molecular formula is C9H13N3O4S. The van der Waals surface area contributed by atoms with Crippen molar-refractivity contribution in [2.24, 2.45) is 5.73 Å². The van der Waals surface area contributed by atoms with E-state index in [2.05, 4.69) is 9.72 Å². The molecular weight excluding hydrogens is 246 g/mol. The Kier molecular flexibility index (Phi) is 4.83. The molecule has 0 aliphatic carbocycles. The molecule has 0 aliphatic rings. The van der Waals surface area contributed by atoms with Gasteiger partial charge in [-0.3, -0.25) is 4.79 Å². The van der Waals surface area contributed by atoms with Crippen LogP contribution in [0.4, 0.5) is 4.79 Å². The lowest BCUT2D eigenvalue weighted by Gasteiger charge is -2.08. The zero-order valence-electron chi connectivity index (χ0n) is 9.25. The molecule has 0 aliphatic heterocycles. The molecule has 94 valence electrons. The van der Waals surface area contributed by atoms with E-state index in [0.29, 0.717) is 11.7 Å². The fourth-order valence-electron chi connectivity index (χ4n) is 1.19. The fourth-order valence-corrected chi connectivity index (χ4v) is 1.96. The molecule has 0 radical (unpaired) electrons. The van der Waals surface area contributed by atoms with Crippen molar-refractivity contribution < 1.29 is 19.4 Å². The summed E-state index contributed by atoms with van der Waals surface area (Å²) in [6.07, 6.45) is 0.802. The van der Waals surface area contributed by atoms with Gasteiger partial charge in [-0.1, -0.05) is 11.8 Å². The van der Waals surface area contributed by atoms with Crippen molar-refractivity contribution in [3.05, 3.63) is 11.9 Å². The number of primary amides is 1. The second kappa shape index (κ2) is 6.14.